The Kier molecular flexibility index (Phi) is 5.16. The second kappa shape index (κ2) is 7.32. The summed E-state index contributed by atoms with van der Waals surface area (Å²) in [5.41, 5.74) is 3.75. The summed E-state index contributed by atoms with van der Waals surface area (Å²) in [6.07, 6.45) is 0.936. The first-order chi connectivity index (χ1) is 11.5. The summed E-state index contributed by atoms with van der Waals surface area (Å²) in [6.45, 7) is 8.84. The Morgan fingerprint density at radius 1 is 1.33 bits per heavy atom. The number of carbonyl (C=O) groups is 1. The summed E-state index contributed by atoms with van der Waals surface area (Å²) in [7, 11) is 0. The number of aromatic nitrogens is 1. The van der Waals surface area contributed by atoms with Crippen LogP contribution in [0.5, 0.6) is 0 Å². The fraction of sp³-hybridized carbons (Fsp3) is 0.444. The van der Waals surface area contributed by atoms with Gasteiger partial charge in [-0.05, 0) is 26.3 Å². The Morgan fingerprint density at radius 3 is 2.79 bits per heavy atom. The van der Waals surface area contributed by atoms with E-state index in [4.69, 9.17) is 0 Å². The number of anilines is 1. The molecule has 0 bridgehead atoms. The zero-order chi connectivity index (χ0) is 17.1. The van der Waals surface area contributed by atoms with Gasteiger partial charge >= 0.3 is 6.03 Å². The van der Waals surface area contributed by atoms with Crippen molar-refractivity contribution in [2.24, 2.45) is 0 Å². The van der Waals surface area contributed by atoms with Crippen molar-refractivity contribution in [2.75, 3.05) is 11.9 Å². The third-order valence-electron chi connectivity index (χ3n) is 3.98. The number of thiazole rings is 1. The molecule has 2 amide bonds. The summed E-state index contributed by atoms with van der Waals surface area (Å²) in [5.74, 6) is 0. The van der Waals surface area contributed by atoms with E-state index in [0.717, 1.165) is 31.7 Å². The number of rotatable bonds is 4. The SMILES string of the molecule is Cc1ccc(CN2CCc3nc(NC(=O)NC(C)C)sc3C2)cc1. The van der Waals surface area contributed by atoms with Crippen LogP contribution in [-0.4, -0.2) is 28.5 Å². The van der Waals surface area contributed by atoms with Gasteiger partial charge in [0.05, 0.1) is 5.69 Å². The predicted octanol–water partition coefficient (Wildman–Crippen LogP) is 3.54. The van der Waals surface area contributed by atoms with Gasteiger partial charge in [-0.3, -0.25) is 10.2 Å². The van der Waals surface area contributed by atoms with Crippen LogP contribution in [0.2, 0.25) is 0 Å². The first-order valence-electron chi connectivity index (χ1n) is 8.33. The lowest BCUT2D eigenvalue weighted by Crippen LogP contribution is -2.34. The Hall–Kier alpha value is -1.92. The number of urea groups is 1. The number of amides is 2. The minimum atomic E-state index is -0.187. The Balaban J connectivity index is 1.61. The van der Waals surface area contributed by atoms with E-state index in [1.165, 1.54) is 16.0 Å². The van der Waals surface area contributed by atoms with Gasteiger partial charge in [0, 0.05) is 37.0 Å². The van der Waals surface area contributed by atoms with Crippen molar-refractivity contribution in [1.82, 2.24) is 15.2 Å². The first kappa shape index (κ1) is 16.9. The molecular formula is C18H24N4OS. The molecule has 1 aliphatic heterocycles. The van der Waals surface area contributed by atoms with E-state index in [1.54, 1.807) is 11.3 Å². The van der Waals surface area contributed by atoms with E-state index < -0.39 is 0 Å². The maximum absolute atomic E-state index is 11.8. The quantitative estimate of drug-likeness (QED) is 0.892. The molecule has 2 heterocycles. The van der Waals surface area contributed by atoms with Gasteiger partial charge in [0.2, 0.25) is 0 Å². The maximum Gasteiger partial charge on any atom is 0.321 e. The molecule has 0 atom stereocenters. The van der Waals surface area contributed by atoms with Gasteiger partial charge in [0.25, 0.3) is 0 Å². The summed E-state index contributed by atoms with van der Waals surface area (Å²) in [5, 5.41) is 6.35. The van der Waals surface area contributed by atoms with Crippen molar-refractivity contribution in [3.05, 3.63) is 46.0 Å². The normalized spacial score (nSPS) is 14.5. The van der Waals surface area contributed by atoms with Crippen LogP contribution in [-0.2, 0) is 19.5 Å². The second-order valence-electron chi connectivity index (χ2n) is 6.59. The highest BCUT2D eigenvalue weighted by atomic mass is 32.1. The fourth-order valence-corrected chi connectivity index (χ4v) is 3.83. The molecule has 0 aliphatic carbocycles. The smallest absolute Gasteiger partial charge is 0.321 e. The fourth-order valence-electron chi connectivity index (χ4n) is 2.78. The lowest BCUT2D eigenvalue weighted by atomic mass is 10.1. The monoisotopic (exact) mass is 344 g/mol. The Bertz CT molecular complexity index is 708. The van der Waals surface area contributed by atoms with E-state index in [2.05, 4.69) is 51.7 Å². The molecule has 0 saturated carbocycles. The molecule has 6 heteroatoms. The lowest BCUT2D eigenvalue weighted by molar-refractivity contribution is 0.247. The highest BCUT2D eigenvalue weighted by Gasteiger charge is 2.21. The molecule has 1 aromatic carbocycles. The van der Waals surface area contributed by atoms with Crippen LogP contribution in [0.4, 0.5) is 9.93 Å². The topological polar surface area (TPSA) is 57.3 Å². The molecule has 0 saturated heterocycles. The number of nitrogens with one attached hydrogen (secondary N) is 2. The number of benzene rings is 1. The average Bonchev–Trinajstić information content (AvgIpc) is 2.90. The largest absolute Gasteiger partial charge is 0.336 e. The zero-order valence-electron chi connectivity index (χ0n) is 14.4. The van der Waals surface area contributed by atoms with E-state index in [0.29, 0.717) is 5.13 Å². The van der Waals surface area contributed by atoms with E-state index >= 15 is 0 Å². The number of fused-ring (bicyclic) bond motifs is 1. The van der Waals surface area contributed by atoms with Gasteiger partial charge < -0.3 is 5.32 Å². The van der Waals surface area contributed by atoms with E-state index in [-0.39, 0.29) is 12.1 Å². The van der Waals surface area contributed by atoms with E-state index in [1.807, 2.05) is 13.8 Å². The molecule has 0 spiro atoms. The van der Waals surface area contributed by atoms with Gasteiger partial charge in [-0.15, -0.1) is 11.3 Å². The first-order valence-corrected chi connectivity index (χ1v) is 9.15. The standard InChI is InChI=1S/C18H24N4OS/c1-12(2)19-17(23)21-18-20-15-8-9-22(11-16(15)24-18)10-14-6-4-13(3)5-7-14/h4-7,12H,8-11H2,1-3H3,(H2,19,20,21,23). The predicted molar refractivity (Wildman–Crippen MR) is 98.4 cm³/mol. The molecule has 3 rings (SSSR count). The van der Waals surface area contributed by atoms with Crippen molar-refractivity contribution < 1.29 is 4.79 Å². The number of nitrogens with zero attached hydrogens (tertiary/aromatic N) is 2. The molecule has 5 nitrogen and oxygen atoms in total. The molecule has 0 radical (unpaired) electrons. The number of carbonyl (C=O) groups excluding carboxylic acids is 1. The van der Waals surface area contributed by atoms with Crippen molar-refractivity contribution in [1.29, 1.82) is 0 Å². The Morgan fingerprint density at radius 2 is 2.08 bits per heavy atom. The van der Waals surface area contributed by atoms with Gasteiger partial charge in [-0.2, -0.15) is 0 Å². The van der Waals surface area contributed by atoms with Crippen LogP contribution in [0.15, 0.2) is 24.3 Å². The van der Waals surface area contributed by atoms with Crippen LogP contribution >= 0.6 is 11.3 Å². The number of hydrogen-bond acceptors (Lipinski definition) is 4. The lowest BCUT2D eigenvalue weighted by Gasteiger charge is -2.25. The highest BCUT2D eigenvalue weighted by Crippen LogP contribution is 2.29. The van der Waals surface area contributed by atoms with E-state index in [9.17, 15) is 4.79 Å². The maximum atomic E-state index is 11.8. The molecule has 128 valence electrons. The minimum absolute atomic E-state index is 0.115. The van der Waals surface area contributed by atoms with Gasteiger partial charge in [-0.25, -0.2) is 9.78 Å². The summed E-state index contributed by atoms with van der Waals surface area (Å²) in [6, 6.07) is 8.64. The third-order valence-corrected chi connectivity index (χ3v) is 4.98. The van der Waals surface area contributed by atoms with Gasteiger partial charge in [-0.1, -0.05) is 29.8 Å². The zero-order valence-corrected chi connectivity index (χ0v) is 15.2. The molecule has 24 heavy (non-hydrogen) atoms. The summed E-state index contributed by atoms with van der Waals surface area (Å²) >= 11 is 1.58. The molecule has 0 unspecified atom stereocenters. The highest BCUT2D eigenvalue weighted by molar-refractivity contribution is 7.15. The molecule has 2 aromatic rings. The van der Waals surface area contributed by atoms with Crippen molar-refractivity contribution in [2.45, 2.75) is 46.3 Å². The average molecular weight is 344 g/mol. The van der Waals surface area contributed by atoms with Gasteiger partial charge in [0.1, 0.15) is 0 Å². The molecular weight excluding hydrogens is 320 g/mol. The van der Waals surface area contributed by atoms with Crippen LogP contribution in [0.25, 0.3) is 0 Å². The molecule has 1 aromatic heterocycles. The van der Waals surface area contributed by atoms with Crippen LogP contribution in [0, 0.1) is 6.92 Å². The van der Waals surface area contributed by atoms with Crippen molar-refractivity contribution in [3.63, 3.8) is 0 Å². The minimum Gasteiger partial charge on any atom is -0.336 e. The molecule has 0 fully saturated rings. The summed E-state index contributed by atoms with van der Waals surface area (Å²) in [4.78, 5) is 20.1. The Labute approximate surface area is 147 Å². The molecule has 2 N–H and O–H groups in total. The molecule has 1 aliphatic rings. The second-order valence-corrected chi connectivity index (χ2v) is 7.67. The van der Waals surface area contributed by atoms with Crippen molar-refractivity contribution >= 4 is 22.5 Å². The number of hydrogen-bond donors (Lipinski definition) is 2. The van der Waals surface area contributed by atoms with Gasteiger partial charge in [0.15, 0.2) is 5.13 Å². The van der Waals surface area contributed by atoms with Crippen LogP contribution < -0.4 is 10.6 Å². The third kappa shape index (κ3) is 4.33. The number of aryl methyl sites for hydroxylation is 1. The van der Waals surface area contributed by atoms with Crippen LogP contribution in [0.3, 0.4) is 0 Å². The summed E-state index contributed by atoms with van der Waals surface area (Å²) < 4.78 is 0. The van der Waals surface area contributed by atoms with Crippen LogP contribution in [0.1, 0.15) is 35.5 Å². The van der Waals surface area contributed by atoms with Crippen molar-refractivity contribution in [3.8, 4) is 0 Å².